The van der Waals surface area contributed by atoms with E-state index in [1.807, 2.05) is 48.6 Å². The Kier molecular flexibility index (Phi) is 7.70. The van der Waals surface area contributed by atoms with Crippen LogP contribution in [0.2, 0.25) is 0 Å². The first-order valence-electron chi connectivity index (χ1n) is 12.7. The highest BCUT2D eigenvalue weighted by Gasteiger charge is 2.30. The summed E-state index contributed by atoms with van der Waals surface area (Å²) in [5.41, 5.74) is 4.70. The monoisotopic (exact) mass is 515 g/mol. The predicted octanol–water partition coefficient (Wildman–Crippen LogP) is 7.36. The molecule has 2 aromatic carbocycles. The van der Waals surface area contributed by atoms with Gasteiger partial charge in [-0.25, -0.2) is 8.42 Å². The lowest BCUT2D eigenvalue weighted by Gasteiger charge is -2.24. The van der Waals surface area contributed by atoms with E-state index in [1.54, 1.807) is 12.1 Å². The fourth-order valence-electron chi connectivity index (χ4n) is 5.12. The van der Waals surface area contributed by atoms with E-state index in [2.05, 4.69) is 52.8 Å². The number of hydrogen-bond acceptors (Lipinski definition) is 4. The second kappa shape index (κ2) is 11.1. The molecule has 0 saturated heterocycles. The van der Waals surface area contributed by atoms with Crippen LogP contribution in [0, 0.1) is 6.92 Å². The minimum absolute atomic E-state index is 0.405. The Labute approximate surface area is 219 Å². The van der Waals surface area contributed by atoms with Gasteiger partial charge in [0.25, 0.3) is 0 Å². The Balaban J connectivity index is 1.36. The van der Waals surface area contributed by atoms with Gasteiger partial charge in [-0.05, 0) is 84.8 Å². The molecule has 1 aliphatic carbocycles. The van der Waals surface area contributed by atoms with Gasteiger partial charge in [0.1, 0.15) is 0 Å². The molecular weight excluding hydrogens is 482 g/mol. The number of aryl methyl sites for hydroxylation is 1. The van der Waals surface area contributed by atoms with Crippen LogP contribution in [0.15, 0.2) is 101 Å². The van der Waals surface area contributed by atoms with Crippen LogP contribution in [0.25, 0.3) is 15.7 Å². The third-order valence-corrected chi connectivity index (χ3v) is 10.3. The first-order valence-corrected chi connectivity index (χ1v) is 15.2. The van der Waals surface area contributed by atoms with Crippen LogP contribution in [0.1, 0.15) is 36.8 Å². The lowest BCUT2D eigenvalue weighted by molar-refractivity contribution is 0.301. The third-order valence-electron chi connectivity index (χ3n) is 7.15. The molecule has 0 amide bonds. The fraction of sp³-hybridized carbons (Fsp3) is 0.290. The van der Waals surface area contributed by atoms with Gasteiger partial charge in [-0.15, -0.1) is 11.3 Å². The number of allylic oxidation sites excluding steroid dienone is 6. The highest BCUT2D eigenvalue weighted by Crippen LogP contribution is 2.33. The van der Waals surface area contributed by atoms with Crippen LogP contribution < -0.4 is 0 Å². The van der Waals surface area contributed by atoms with Crippen molar-refractivity contribution in [1.82, 2.24) is 4.90 Å². The Morgan fingerprint density at radius 2 is 1.92 bits per heavy atom. The average molecular weight is 516 g/mol. The third kappa shape index (κ3) is 5.49. The lowest BCUT2D eigenvalue weighted by Crippen LogP contribution is -2.32. The number of benzene rings is 2. The van der Waals surface area contributed by atoms with Crippen molar-refractivity contribution >= 4 is 36.8 Å². The van der Waals surface area contributed by atoms with Gasteiger partial charge in [0.05, 0.1) is 10.1 Å². The number of thiophene rings is 1. The van der Waals surface area contributed by atoms with E-state index in [0.717, 1.165) is 50.0 Å². The van der Waals surface area contributed by atoms with Crippen molar-refractivity contribution in [3.8, 4) is 0 Å². The van der Waals surface area contributed by atoms with E-state index >= 15 is 0 Å². The molecular formula is C31H33NO2S2. The molecule has 5 rings (SSSR count). The van der Waals surface area contributed by atoms with E-state index in [1.165, 1.54) is 21.2 Å². The Hall–Kier alpha value is -2.73. The predicted molar refractivity (Wildman–Crippen MR) is 153 cm³/mol. The van der Waals surface area contributed by atoms with Crippen LogP contribution in [0.4, 0.5) is 0 Å². The van der Waals surface area contributed by atoms with Gasteiger partial charge in [0.2, 0.25) is 0 Å². The second-order valence-electron chi connectivity index (χ2n) is 9.65. The highest BCUT2D eigenvalue weighted by atomic mass is 32.2. The Morgan fingerprint density at radius 1 is 1.06 bits per heavy atom. The number of fused-ring (bicyclic) bond motifs is 1. The summed E-state index contributed by atoms with van der Waals surface area (Å²) >= 11 is 1.81. The van der Waals surface area contributed by atoms with Crippen LogP contribution >= 0.6 is 11.3 Å². The highest BCUT2D eigenvalue weighted by molar-refractivity contribution is 7.92. The van der Waals surface area contributed by atoms with E-state index in [0.29, 0.717) is 11.3 Å². The van der Waals surface area contributed by atoms with Crippen LogP contribution in [-0.4, -0.2) is 38.2 Å². The molecule has 5 heteroatoms. The van der Waals surface area contributed by atoms with E-state index < -0.39 is 15.1 Å². The summed E-state index contributed by atoms with van der Waals surface area (Å²) in [6.45, 7) is 4.56. The van der Waals surface area contributed by atoms with Gasteiger partial charge in [0.15, 0.2) is 9.84 Å². The summed E-state index contributed by atoms with van der Waals surface area (Å²) in [4.78, 5) is 2.82. The summed E-state index contributed by atoms with van der Waals surface area (Å²) in [6.07, 6.45) is 16.0. The molecule has 0 saturated carbocycles. The lowest BCUT2D eigenvalue weighted by atomic mass is 10.0. The van der Waals surface area contributed by atoms with Gasteiger partial charge in [0, 0.05) is 17.8 Å². The van der Waals surface area contributed by atoms with Crippen molar-refractivity contribution in [2.75, 3.05) is 19.6 Å². The minimum atomic E-state index is -3.51. The molecule has 0 fully saturated rings. The first kappa shape index (κ1) is 24.9. The summed E-state index contributed by atoms with van der Waals surface area (Å²) in [6, 6.07) is 16.0. The van der Waals surface area contributed by atoms with Crippen molar-refractivity contribution in [3.63, 3.8) is 0 Å². The van der Waals surface area contributed by atoms with E-state index in [4.69, 9.17) is 0 Å². The van der Waals surface area contributed by atoms with Gasteiger partial charge in [-0.2, -0.15) is 0 Å². The zero-order valence-electron chi connectivity index (χ0n) is 20.8. The number of hydrogen-bond donors (Lipinski definition) is 0. The second-order valence-corrected chi connectivity index (χ2v) is 12.7. The van der Waals surface area contributed by atoms with E-state index in [9.17, 15) is 8.42 Å². The number of rotatable bonds is 7. The maximum atomic E-state index is 13.8. The Morgan fingerprint density at radius 3 is 2.78 bits per heavy atom. The van der Waals surface area contributed by atoms with Crippen molar-refractivity contribution in [2.24, 2.45) is 0 Å². The first-order chi connectivity index (χ1) is 17.5. The van der Waals surface area contributed by atoms with E-state index in [-0.39, 0.29) is 0 Å². The molecule has 2 aliphatic rings. The molecule has 2 heterocycles. The molecule has 0 spiro atoms. The van der Waals surface area contributed by atoms with Gasteiger partial charge in [-0.1, -0.05) is 72.4 Å². The maximum absolute atomic E-state index is 13.8. The average Bonchev–Trinajstić information content (AvgIpc) is 3.05. The molecule has 36 heavy (non-hydrogen) atoms. The SMILES string of the molecule is Cc1ccc(S(=O)(=O)C(CCN2CC=C(c3cccc4ccsc34)CCC2)C2=CC=CCC=C2)cc1. The molecule has 0 N–H and O–H groups in total. The summed E-state index contributed by atoms with van der Waals surface area (Å²) in [5, 5.41) is 2.91. The van der Waals surface area contributed by atoms with Crippen molar-refractivity contribution < 1.29 is 8.42 Å². The smallest absolute Gasteiger partial charge is 0.185 e. The molecule has 3 nitrogen and oxygen atoms in total. The zero-order valence-corrected chi connectivity index (χ0v) is 22.4. The Bertz CT molecular complexity index is 1440. The summed E-state index contributed by atoms with van der Waals surface area (Å²) in [5.74, 6) is 0. The number of sulfone groups is 1. The molecule has 1 unspecified atom stereocenters. The van der Waals surface area contributed by atoms with Crippen LogP contribution in [-0.2, 0) is 9.84 Å². The largest absolute Gasteiger partial charge is 0.300 e. The summed E-state index contributed by atoms with van der Waals surface area (Å²) < 4.78 is 29.0. The minimum Gasteiger partial charge on any atom is -0.300 e. The molecule has 0 bridgehead atoms. The molecule has 1 aromatic heterocycles. The molecule has 1 atom stereocenters. The van der Waals surface area contributed by atoms with Gasteiger partial charge in [-0.3, -0.25) is 4.90 Å². The van der Waals surface area contributed by atoms with Crippen LogP contribution in [0.3, 0.4) is 0 Å². The van der Waals surface area contributed by atoms with Crippen molar-refractivity contribution in [1.29, 1.82) is 0 Å². The zero-order chi connectivity index (χ0) is 25.0. The van der Waals surface area contributed by atoms with Crippen LogP contribution in [0.5, 0.6) is 0 Å². The van der Waals surface area contributed by atoms with Gasteiger partial charge >= 0.3 is 0 Å². The normalized spacial score (nSPS) is 17.9. The molecule has 1 aliphatic heterocycles. The quantitative estimate of drug-likeness (QED) is 0.330. The summed E-state index contributed by atoms with van der Waals surface area (Å²) in [7, 11) is -3.51. The standard InChI is InChI=1S/C31H33NO2S2/c1-24-13-15-28(16-14-24)36(33,34)30(26-8-4-2-3-5-9-26)18-22-32-20-7-11-25(17-21-32)29-12-6-10-27-19-23-35-31(27)29/h2,4-6,8-10,12-17,19,23,30H,3,7,11,18,20-22H2,1H3. The molecule has 0 radical (unpaired) electrons. The topological polar surface area (TPSA) is 37.4 Å². The number of nitrogens with zero attached hydrogens (tertiary/aromatic N) is 1. The van der Waals surface area contributed by atoms with Gasteiger partial charge < -0.3 is 0 Å². The molecule has 186 valence electrons. The van der Waals surface area contributed by atoms with Crippen molar-refractivity contribution in [3.05, 3.63) is 107 Å². The maximum Gasteiger partial charge on any atom is 0.185 e. The van der Waals surface area contributed by atoms with Crippen molar-refractivity contribution in [2.45, 2.75) is 42.8 Å². The molecule has 3 aromatic rings. The fourth-order valence-corrected chi connectivity index (χ4v) is 7.85.